The van der Waals surface area contributed by atoms with E-state index in [9.17, 15) is 0 Å². The number of ether oxygens (including phenoxy) is 1. The fourth-order valence-electron chi connectivity index (χ4n) is 2.47. The van der Waals surface area contributed by atoms with Gasteiger partial charge in [0.05, 0.1) is 13.2 Å². The average molecular weight is 329 g/mol. The number of aliphatic imine (C=N–C) groups is 1. The van der Waals surface area contributed by atoms with Crippen molar-refractivity contribution in [2.45, 2.75) is 40.8 Å². The Morgan fingerprint density at radius 3 is 2.58 bits per heavy atom. The van der Waals surface area contributed by atoms with Crippen molar-refractivity contribution < 1.29 is 9.15 Å². The van der Waals surface area contributed by atoms with Crippen LogP contribution in [-0.2, 0) is 13.1 Å². The number of furan rings is 1. The molecule has 5 heteroatoms. The molecule has 0 fully saturated rings. The summed E-state index contributed by atoms with van der Waals surface area (Å²) in [7, 11) is 0. The summed E-state index contributed by atoms with van der Waals surface area (Å²) in [6.45, 7) is 10.7. The molecule has 0 bridgehead atoms. The minimum atomic E-state index is 0.589. The van der Waals surface area contributed by atoms with Crippen molar-refractivity contribution in [2.24, 2.45) is 4.99 Å². The van der Waals surface area contributed by atoms with Crippen LogP contribution in [0.5, 0.6) is 5.75 Å². The maximum absolute atomic E-state index is 5.66. The first-order valence-corrected chi connectivity index (χ1v) is 8.42. The number of rotatable bonds is 7. The number of benzene rings is 1. The third kappa shape index (κ3) is 5.05. The molecule has 1 heterocycles. The predicted molar refractivity (Wildman–Crippen MR) is 97.4 cm³/mol. The van der Waals surface area contributed by atoms with Crippen LogP contribution < -0.4 is 15.4 Å². The first-order valence-electron chi connectivity index (χ1n) is 8.42. The zero-order chi connectivity index (χ0) is 17.4. The number of hydrogen-bond acceptors (Lipinski definition) is 3. The van der Waals surface area contributed by atoms with Gasteiger partial charge in [0.2, 0.25) is 0 Å². The van der Waals surface area contributed by atoms with E-state index >= 15 is 0 Å². The van der Waals surface area contributed by atoms with Crippen LogP contribution in [0.15, 0.2) is 39.7 Å². The van der Waals surface area contributed by atoms with Gasteiger partial charge < -0.3 is 19.8 Å². The number of aryl methyl sites for hydroxylation is 2. The van der Waals surface area contributed by atoms with Crippen LogP contribution in [0.2, 0.25) is 0 Å². The smallest absolute Gasteiger partial charge is 0.191 e. The van der Waals surface area contributed by atoms with Crippen LogP contribution in [0.25, 0.3) is 0 Å². The Morgan fingerprint density at radius 2 is 1.92 bits per heavy atom. The van der Waals surface area contributed by atoms with E-state index in [1.54, 1.807) is 0 Å². The monoisotopic (exact) mass is 329 g/mol. The zero-order valence-corrected chi connectivity index (χ0v) is 15.0. The number of nitrogens with zero attached hydrogens (tertiary/aromatic N) is 1. The van der Waals surface area contributed by atoms with Crippen molar-refractivity contribution in [3.63, 3.8) is 0 Å². The third-order valence-corrected chi connectivity index (χ3v) is 3.61. The normalized spacial score (nSPS) is 11.4. The maximum atomic E-state index is 5.66. The summed E-state index contributed by atoms with van der Waals surface area (Å²) in [5.41, 5.74) is 2.22. The molecule has 0 spiro atoms. The van der Waals surface area contributed by atoms with E-state index in [2.05, 4.69) is 28.6 Å². The fourth-order valence-corrected chi connectivity index (χ4v) is 2.47. The van der Waals surface area contributed by atoms with Gasteiger partial charge in [-0.1, -0.05) is 18.2 Å². The van der Waals surface area contributed by atoms with Gasteiger partial charge in [0.15, 0.2) is 5.96 Å². The highest BCUT2D eigenvalue weighted by atomic mass is 16.5. The molecule has 2 rings (SSSR count). The molecule has 24 heavy (non-hydrogen) atoms. The molecule has 0 radical (unpaired) electrons. The van der Waals surface area contributed by atoms with E-state index in [1.807, 2.05) is 45.0 Å². The van der Waals surface area contributed by atoms with Gasteiger partial charge in [0, 0.05) is 24.2 Å². The lowest BCUT2D eigenvalue weighted by Gasteiger charge is -2.14. The van der Waals surface area contributed by atoms with Crippen molar-refractivity contribution in [3.05, 3.63) is 53.0 Å². The lowest BCUT2D eigenvalue weighted by Crippen LogP contribution is -2.36. The predicted octanol–water partition coefficient (Wildman–Crippen LogP) is 3.55. The molecule has 0 saturated carbocycles. The molecule has 2 aromatic rings. The van der Waals surface area contributed by atoms with Gasteiger partial charge in [0.1, 0.15) is 17.3 Å². The van der Waals surface area contributed by atoms with Gasteiger partial charge in [-0.25, -0.2) is 4.99 Å². The van der Waals surface area contributed by atoms with E-state index in [-0.39, 0.29) is 0 Å². The second-order valence-electron chi connectivity index (χ2n) is 5.53. The van der Waals surface area contributed by atoms with Crippen molar-refractivity contribution in [1.29, 1.82) is 0 Å². The fraction of sp³-hybridized carbons (Fsp3) is 0.421. The topological polar surface area (TPSA) is 58.8 Å². The van der Waals surface area contributed by atoms with Crippen LogP contribution >= 0.6 is 0 Å². The molecule has 0 amide bonds. The van der Waals surface area contributed by atoms with Gasteiger partial charge in [0.25, 0.3) is 0 Å². The van der Waals surface area contributed by atoms with Crippen molar-refractivity contribution >= 4 is 5.96 Å². The number of guanidine groups is 1. The number of nitrogens with one attached hydrogen (secondary N) is 2. The first kappa shape index (κ1) is 17.9. The van der Waals surface area contributed by atoms with Crippen LogP contribution in [-0.4, -0.2) is 19.1 Å². The van der Waals surface area contributed by atoms with Gasteiger partial charge in [-0.2, -0.15) is 0 Å². The molecule has 5 nitrogen and oxygen atoms in total. The Labute approximate surface area is 144 Å². The second kappa shape index (κ2) is 9.01. The Bertz CT molecular complexity index is 677. The Kier molecular flexibility index (Phi) is 6.73. The van der Waals surface area contributed by atoms with E-state index in [0.717, 1.165) is 40.9 Å². The molecule has 1 aromatic carbocycles. The summed E-state index contributed by atoms with van der Waals surface area (Å²) in [6.07, 6.45) is 0. The molecule has 2 N–H and O–H groups in total. The summed E-state index contributed by atoms with van der Waals surface area (Å²) >= 11 is 0. The van der Waals surface area contributed by atoms with E-state index in [1.165, 1.54) is 0 Å². The van der Waals surface area contributed by atoms with Gasteiger partial charge >= 0.3 is 0 Å². The minimum Gasteiger partial charge on any atom is -0.494 e. The van der Waals surface area contributed by atoms with E-state index in [4.69, 9.17) is 9.15 Å². The molecule has 0 aliphatic heterocycles. The quantitative estimate of drug-likeness (QED) is 0.602. The third-order valence-electron chi connectivity index (χ3n) is 3.61. The highest BCUT2D eigenvalue weighted by molar-refractivity contribution is 5.79. The highest BCUT2D eigenvalue weighted by Gasteiger charge is 2.06. The maximum Gasteiger partial charge on any atom is 0.191 e. The van der Waals surface area contributed by atoms with Crippen molar-refractivity contribution in [2.75, 3.05) is 13.2 Å². The summed E-state index contributed by atoms with van der Waals surface area (Å²) in [4.78, 5) is 4.64. The lowest BCUT2D eigenvalue weighted by atomic mass is 10.2. The van der Waals surface area contributed by atoms with Crippen LogP contribution in [0.1, 0.15) is 36.5 Å². The summed E-state index contributed by atoms with van der Waals surface area (Å²) < 4.78 is 11.2. The molecule has 0 aliphatic rings. The van der Waals surface area contributed by atoms with Gasteiger partial charge in [-0.3, -0.25) is 0 Å². The number of hydrogen-bond donors (Lipinski definition) is 2. The van der Waals surface area contributed by atoms with Crippen molar-refractivity contribution in [3.8, 4) is 5.75 Å². The highest BCUT2D eigenvalue weighted by Crippen LogP contribution is 2.17. The van der Waals surface area contributed by atoms with Gasteiger partial charge in [-0.05, 0) is 39.8 Å². The molecule has 1 aromatic heterocycles. The lowest BCUT2D eigenvalue weighted by molar-refractivity contribution is 0.336. The molecule has 0 unspecified atom stereocenters. The number of para-hydroxylation sites is 1. The molecule has 130 valence electrons. The van der Waals surface area contributed by atoms with Gasteiger partial charge in [-0.15, -0.1) is 0 Å². The van der Waals surface area contributed by atoms with E-state index in [0.29, 0.717) is 19.7 Å². The SMILES string of the molecule is CCNC(=NCc1cc(C)oc1C)NCc1ccccc1OCC. The van der Waals surface area contributed by atoms with Crippen LogP contribution in [0.3, 0.4) is 0 Å². The molecule has 0 saturated heterocycles. The van der Waals surface area contributed by atoms with E-state index < -0.39 is 0 Å². The van der Waals surface area contributed by atoms with Crippen molar-refractivity contribution in [1.82, 2.24) is 10.6 Å². The Morgan fingerprint density at radius 1 is 1.12 bits per heavy atom. The largest absolute Gasteiger partial charge is 0.494 e. The molecule has 0 aliphatic carbocycles. The standard InChI is InChI=1S/C19H27N3O2/c1-5-20-19(22-13-17-11-14(3)24-15(17)4)21-12-16-9-7-8-10-18(16)23-6-2/h7-11H,5-6,12-13H2,1-4H3,(H2,20,21,22). The molecular weight excluding hydrogens is 302 g/mol. The summed E-state index contributed by atoms with van der Waals surface area (Å²) in [5.74, 6) is 3.53. The zero-order valence-electron chi connectivity index (χ0n) is 15.0. The average Bonchev–Trinajstić information content (AvgIpc) is 2.89. The van der Waals surface area contributed by atoms with Crippen LogP contribution in [0.4, 0.5) is 0 Å². The van der Waals surface area contributed by atoms with Crippen LogP contribution in [0, 0.1) is 13.8 Å². The Balaban J connectivity index is 2.03. The first-order chi connectivity index (χ1) is 11.6. The second-order valence-corrected chi connectivity index (χ2v) is 5.53. The minimum absolute atomic E-state index is 0.589. The summed E-state index contributed by atoms with van der Waals surface area (Å²) in [6, 6.07) is 10.1. The molecular formula is C19H27N3O2. The Hall–Kier alpha value is -2.43. The summed E-state index contributed by atoms with van der Waals surface area (Å²) in [5, 5.41) is 6.63. The molecule has 0 atom stereocenters.